The molecule has 0 aliphatic rings. The predicted octanol–water partition coefficient (Wildman–Crippen LogP) is 2.29. The fraction of sp³-hybridized carbons (Fsp3) is 0.278. The van der Waals surface area contributed by atoms with Crippen molar-refractivity contribution in [1.29, 1.82) is 0 Å². The highest BCUT2D eigenvalue weighted by Gasteiger charge is 2.10. The standard InChI is InChI=1S/C18H22N6O/c1-13-14(2)24(12-20-13)16-6-4-15(5-7-16)21-18(25)17-8-11-23(22-17)10-3-9-19/h4-8,11-12H,3,9-10,19H2,1-2H3,(H,21,25). The summed E-state index contributed by atoms with van der Waals surface area (Å²) in [5.74, 6) is -0.228. The summed E-state index contributed by atoms with van der Waals surface area (Å²) in [5.41, 5.74) is 9.70. The van der Waals surface area contributed by atoms with Crippen molar-refractivity contribution in [2.45, 2.75) is 26.8 Å². The molecule has 130 valence electrons. The summed E-state index contributed by atoms with van der Waals surface area (Å²) in [5, 5.41) is 7.12. The van der Waals surface area contributed by atoms with E-state index in [1.54, 1.807) is 23.3 Å². The highest BCUT2D eigenvalue weighted by Crippen LogP contribution is 2.17. The first-order chi connectivity index (χ1) is 12.1. The van der Waals surface area contributed by atoms with E-state index in [4.69, 9.17) is 5.73 Å². The number of carbonyl (C=O) groups excluding carboxylic acids is 1. The van der Waals surface area contributed by atoms with Gasteiger partial charge in [-0.15, -0.1) is 0 Å². The second-order valence-electron chi connectivity index (χ2n) is 5.89. The number of nitrogens with one attached hydrogen (secondary N) is 1. The monoisotopic (exact) mass is 338 g/mol. The minimum Gasteiger partial charge on any atom is -0.330 e. The van der Waals surface area contributed by atoms with Gasteiger partial charge >= 0.3 is 0 Å². The summed E-state index contributed by atoms with van der Waals surface area (Å²) >= 11 is 0. The van der Waals surface area contributed by atoms with Crippen LogP contribution in [0.2, 0.25) is 0 Å². The summed E-state index contributed by atoms with van der Waals surface area (Å²) in [6.45, 7) is 5.32. The van der Waals surface area contributed by atoms with Crippen molar-refractivity contribution in [2.24, 2.45) is 5.73 Å². The van der Waals surface area contributed by atoms with Gasteiger partial charge in [-0.25, -0.2) is 4.98 Å². The second-order valence-corrected chi connectivity index (χ2v) is 5.89. The Labute approximate surface area is 146 Å². The molecule has 0 atom stereocenters. The van der Waals surface area contributed by atoms with Crippen LogP contribution in [0.4, 0.5) is 5.69 Å². The molecule has 1 aromatic carbocycles. The van der Waals surface area contributed by atoms with Crippen molar-refractivity contribution < 1.29 is 4.79 Å². The van der Waals surface area contributed by atoms with Crippen LogP contribution in [0, 0.1) is 13.8 Å². The maximum absolute atomic E-state index is 12.3. The third-order valence-corrected chi connectivity index (χ3v) is 4.12. The van der Waals surface area contributed by atoms with E-state index < -0.39 is 0 Å². The molecule has 3 aromatic rings. The minimum atomic E-state index is -0.228. The average molecular weight is 338 g/mol. The molecule has 7 heteroatoms. The van der Waals surface area contributed by atoms with Gasteiger partial charge in [0.1, 0.15) is 0 Å². The lowest BCUT2D eigenvalue weighted by molar-refractivity contribution is 0.102. The molecule has 0 radical (unpaired) electrons. The molecule has 0 aliphatic carbocycles. The number of amides is 1. The smallest absolute Gasteiger partial charge is 0.276 e. The number of aromatic nitrogens is 4. The van der Waals surface area contributed by atoms with Crippen molar-refractivity contribution in [1.82, 2.24) is 19.3 Å². The molecule has 1 amide bonds. The minimum absolute atomic E-state index is 0.228. The first-order valence-electron chi connectivity index (χ1n) is 8.24. The van der Waals surface area contributed by atoms with Gasteiger partial charge in [-0.3, -0.25) is 9.48 Å². The Hall–Kier alpha value is -2.93. The molecule has 0 aliphatic heterocycles. The van der Waals surface area contributed by atoms with Crippen LogP contribution in [-0.2, 0) is 6.54 Å². The van der Waals surface area contributed by atoms with E-state index in [-0.39, 0.29) is 5.91 Å². The summed E-state index contributed by atoms with van der Waals surface area (Å²) in [6.07, 6.45) is 4.42. The third-order valence-electron chi connectivity index (χ3n) is 4.12. The van der Waals surface area contributed by atoms with Gasteiger partial charge in [-0.2, -0.15) is 5.10 Å². The number of nitrogens with two attached hydrogens (primary N) is 1. The summed E-state index contributed by atoms with van der Waals surface area (Å²) < 4.78 is 3.75. The summed E-state index contributed by atoms with van der Waals surface area (Å²) in [7, 11) is 0. The summed E-state index contributed by atoms with van der Waals surface area (Å²) in [4.78, 5) is 16.6. The lowest BCUT2D eigenvalue weighted by atomic mass is 10.2. The van der Waals surface area contributed by atoms with Crippen LogP contribution in [0.3, 0.4) is 0 Å². The van der Waals surface area contributed by atoms with Crippen LogP contribution in [0.25, 0.3) is 5.69 Å². The Bertz CT molecular complexity index is 862. The third kappa shape index (κ3) is 3.77. The van der Waals surface area contributed by atoms with Gasteiger partial charge < -0.3 is 15.6 Å². The van der Waals surface area contributed by atoms with Gasteiger partial charge in [-0.05, 0) is 57.1 Å². The largest absolute Gasteiger partial charge is 0.330 e. The first kappa shape index (κ1) is 16.9. The van der Waals surface area contributed by atoms with Gasteiger partial charge in [0, 0.05) is 29.8 Å². The number of aryl methyl sites for hydroxylation is 2. The molecule has 2 heterocycles. The maximum atomic E-state index is 12.3. The zero-order valence-electron chi connectivity index (χ0n) is 14.4. The number of nitrogens with zero attached hydrogens (tertiary/aromatic N) is 4. The van der Waals surface area contributed by atoms with Crippen molar-refractivity contribution >= 4 is 11.6 Å². The molecule has 3 rings (SSSR count). The van der Waals surface area contributed by atoms with Gasteiger partial charge in [0.2, 0.25) is 0 Å². The van der Waals surface area contributed by atoms with E-state index in [1.165, 1.54) is 0 Å². The average Bonchev–Trinajstić information content (AvgIpc) is 3.22. The molecule has 0 spiro atoms. The van der Waals surface area contributed by atoms with E-state index >= 15 is 0 Å². The van der Waals surface area contributed by atoms with Gasteiger partial charge in [-0.1, -0.05) is 0 Å². The Morgan fingerprint density at radius 3 is 2.60 bits per heavy atom. The van der Waals surface area contributed by atoms with Crippen LogP contribution in [0.15, 0.2) is 42.9 Å². The topological polar surface area (TPSA) is 90.8 Å². The number of hydrogen-bond acceptors (Lipinski definition) is 4. The molecule has 7 nitrogen and oxygen atoms in total. The summed E-state index contributed by atoms with van der Waals surface area (Å²) in [6, 6.07) is 9.34. The normalized spacial score (nSPS) is 10.8. The van der Waals surface area contributed by atoms with E-state index in [9.17, 15) is 4.79 Å². The molecule has 0 fully saturated rings. The fourth-order valence-corrected chi connectivity index (χ4v) is 2.52. The highest BCUT2D eigenvalue weighted by atomic mass is 16.1. The van der Waals surface area contributed by atoms with E-state index in [0.717, 1.165) is 29.2 Å². The van der Waals surface area contributed by atoms with E-state index in [2.05, 4.69) is 15.4 Å². The Morgan fingerprint density at radius 2 is 1.96 bits per heavy atom. The molecule has 0 bridgehead atoms. The molecule has 2 aromatic heterocycles. The Kier molecular flexibility index (Phi) is 4.95. The van der Waals surface area contributed by atoms with Crippen LogP contribution < -0.4 is 11.1 Å². The molecule has 0 saturated carbocycles. The number of hydrogen-bond donors (Lipinski definition) is 2. The lowest BCUT2D eigenvalue weighted by Gasteiger charge is -2.08. The Balaban J connectivity index is 1.67. The number of imidazole rings is 1. The van der Waals surface area contributed by atoms with Crippen LogP contribution in [-0.4, -0.2) is 31.8 Å². The van der Waals surface area contributed by atoms with Crippen molar-refractivity contribution in [3.8, 4) is 5.69 Å². The van der Waals surface area contributed by atoms with E-state index in [1.807, 2.05) is 42.7 Å². The highest BCUT2D eigenvalue weighted by molar-refractivity contribution is 6.02. The SMILES string of the molecule is Cc1ncn(-c2ccc(NC(=O)c3ccn(CCCN)n3)cc2)c1C. The maximum Gasteiger partial charge on any atom is 0.276 e. The molecule has 3 N–H and O–H groups in total. The Morgan fingerprint density at radius 1 is 1.20 bits per heavy atom. The molecule has 0 saturated heterocycles. The van der Waals surface area contributed by atoms with Crippen molar-refractivity contribution in [2.75, 3.05) is 11.9 Å². The number of carbonyl (C=O) groups is 1. The molecular weight excluding hydrogens is 316 g/mol. The number of anilines is 1. The van der Waals surface area contributed by atoms with Crippen molar-refractivity contribution in [3.05, 3.63) is 59.9 Å². The zero-order chi connectivity index (χ0) is 17.8. The predicted molar refractivity (Wildman–Crippen MR) is 96.9 cm³/mol. The zero-order valence-corrected chi connectivity index (χ0v) is 14.4. The quantitative estimate of drug-likeness (QED) is 0.721. The fourth-order valence-electron chi connectivity index (χ4n) is 2.52. The van der Waals surface area contributed by atoms with Gasteiger partial charge in [0.15, 0.2) is 5.69 Å². The molecular formula is C18H22N6O. The number of rotatable bonds is 6. The van der Waals surface area contributed by atoms with Crippen LogP contribution >= 0.6 is 0 Å². The van der Waals surface area contributed by atoms with Gasteiger partial charge in [0.05, 0.1) is 12.0 Å². The van der Waals surface area contributed by atoms with Crippen LogP contribution in [0.1, 0.15) is 28.3 Å². The number of benzene rings is 1. The second kappa shape index (κ2) is 7.31. The molecule has 25 heavy (non-hydrogen) atoms. The lowest BCUT2D eigenvalue weighted by Crippen LogP contribution is -2.14. The molecule has 0 unspecified atom stereocenters. The van der Waals surface area contributed by atoms with Crippen molar-refractivity contribution in [3.63, 3.8) is 0 Å². The van der Waals surface area contributed by atoms with E-state index in [0.29, 0.717) is 18.8 Å². The first-order valence-corrected chi connectivity index (χ1v) is 8.24. The van der Waals surface area contributed by atoms with Crippen LogP contribution in [0.5, 0.6) is 0 Å². The van der Waals surface area contributed by atoms with Gasteiger partial charge in [0.25, 0.3) is 5.91 Å².